The van der Waals surface area contributed by atoms with E-state index in [0.717, 1.165) is 16.5 Å². The molecule has 116 valence electrons. The van der Waals surface area contributed by atoms with Gasteiger partial charge >= 0.3 is 0 Å². The Labute approximate surface area is 134 Å². The van der Waals surface area contributed by atoms with E-state index in [1.807, 2.05) is 60.7 Å². The molecule has 1 aromatic heterocycles. The summed E-state index contributed by atoms with van der Waals surface area (Å²) in [6, 6.07) is 20.1. The smallest absolute Gasteiger partial charge is 0.270 e. The molecule has 3 rings (SSSR count). The van der Waals surface area contributed by atoms with Crippen LogP contribution < -0.4 is 5.32 Å². The van der Waals surface area contributed by atoms with Gasteiger partial charge in [0.2, 0.25) is 0 Å². The van der Waals surface area contributed by atoms with Crippen molar-refractivity contribution in [2.45, 2.75) is 19.1 Å². The lowest BCUT2D eigenvalue weighted by Gasteiger charge is -2.20. The number of carbonyl (C=O) groups is 1. The van der Waals surface area contributed by atoms with Crippen molar-refractivity contribution in [2.24, 2.45) is 0 Å². The molecule has 0 aliphatic heterocycles. The van der Waals surface area contributed by atoms with Crippen molar-refractivity contribution in [1.29, 1.82) is 0 Å². The van der Waals surface area contributed by atoms with Crippen LogP contribution in [0.2, 0.25) is 0 Å². The van der Waals surface area contributed by atoms with E-state index in [-0.39, 0.29) is 5.91 Å². The van der Waals surface area contributed by atoms with Gasteiger partial charge in [-0.2, -0.15) is 0 Å². The Kier molecular flexibility index (Phi) is 4.35. The highest BCUT2D eigenvalue weighted by atomic mass is 16.3. The Morgan fingerprint density at radius 3 is 2.48 bits per heavy atom. The molecule has 0 saturated carbocycles. The fraction of sp³-hybridized carbons (Fsp3) is 0.158. The molecule has 0 fully saturated rings. The summed E-state index contributed by atoms with van der Waals surface area (Å²) in [4.78, 5) is 16.7. The number of benzene rings is 2. The molecule has 2 aromatic carbocycles. The second-order valence-electron chi connectivity index (χ2n) is 5.51. The van der Waals surface area contributed by atoms with Gasteiger partial charge in [0.25, 0.3) is 5.91 Å². The van der Waals surface area contributed by atoms with Crippen molar-refractivity contribution in [3.05, 3.63) is 78.0 Å². The van der Waals surface area contributed by atoms with Crippen molar-refractivity contribution in [3.8, 4) is 0 Å². The molecule has 0 aliphatic carbocycles. The minimum absolute atomic E-state index is 0.293. The number of carbonyl (C=O) groups excluding carboxylic acids is 1. The zero-order chi connectivity index (χ0) is 16.2. The molecule has 1 heterocycles. The molecule has 3 aromatic rings. The maximum absolute atomic E-state index is 12.3. The van der Waals surface area contributed by atoms with Crippen LogP contribution in [0, 0.1) is 0 Å². The van der Waals surface area contributed by atoms with Crippen LogP contribution in [0.3, 0.4) is 0 Å². The molecule has 2 N–H and O–H groups in total. The summed E-state index contributed by atoms with van der Waals surface area (Å²) >= 11 is 0. The van der Waals surface area contributed by atoms with E-state index in [2.05, 4.69) is 10.3 Å². The lowest BCUT2D eigenvalue weighted by atomic mass is 10.0. The molecule has 0 radical (unpaired) electrons. The van der Waals surface area contributed by atoms with E-state index >= 15 is 0 Å². The summed E-state index contributed by atoms with van der Waals surface area (Å²) in [5.74, 6) is -0.293. The summed E-state index contributed by atoms with van der Waals surface area (Å²) in [6.07, 6.45) is -0.763. The summed E-state index contributed by atoms with van der Waals surface area (Å²) in [5, 5.41) is 14.1. The number of aliphatic hydroxyl groups excluding tert-OH is 1. The third-order valence-electron chi connectivity index (χ3n) is 3.80. The molecular weight excluding hydrogens is 288 g/mol. The van der Waals surface area contributed by atoms with Crippen LogP contribution in [0.15, 0.2) is 66.7 Å². The van der Waals surface area contributed by atoms with Crippen LogP contribution in [-0.2, 0) is 0 Å². The maximum Gasteiger partial charge on any atom is 0.270 e. The standard InChI is InChI=1S/C19H18N2O2/c1-13(18(22)15-8-3-2-4-9-15)20-19(23)17-12-11-14-7-5-6-10-16(14)21-17/h2-13,18,22H,1H3,(H,20,23)/t13-,18-/m1/s1. The van der Waals surface area contributed by atoms with Gasteiger partial charge in [0.05, 0.1) is 17.7 Å². The minimum atomic E-state index is -0.763. The number of amides is 1. The largest absolute Gasteiger partial charge is 0.386 e. The van der Waals surface area contributed by atoms with Gasteiger partial charge in [-0.05, 0) is 24.6 Å². The van der Waals surface area contributed by atoms with E-state index in [9.17, 15) is 9.90 Å². The lowest BCUT2D eigenvalue weighted by molar-refractivity contribution is 0.0847. The predicted octanol–water partition coefficient (Wildman–Crippen LogP) is 3.09. The van der Waals surface area contributed by atoms with Gasteiger partial charge in [0.1, 0.15) is 5.69 Å². The van der Waals surface area contributed by atoms with E-state index in [0.29, 0.717) is 5.69 Å². The highest BCUT2D eigenvalue weighted by molar-refractivity contribution is 5.95. The zero-order valence-corrected chi connectivity index (χ0v) is 12.8. The van der Waals surface area contributed by atoms with E-state index < -0.39 is 12.1 Å². The second-order valence-corrected chi connectivity index (χ2v) is 5.51. The first-order chi connectivity index (χ1) is 11.1. The first-order valence-electron chi connectivity index (χ1n) is 7.55. The van der Waals surface area contributed by atoms with Crippen LogP contribution in [0.1, 0.15) is 29.1 Å². The Balaban J connectivity index is 1.74. The number of aromatic nitrogens is 1. The molecule has 0 aliphatic rings. The van der Waals surface area contributed by atoms with Gasteiger partial charge in [-0.1, -0.05) is 54.6 Å². The average Bonchev–Trinajstić information content (AvgIpc) is 2.61. The van der Waals surface area contributed by atoms with Gasteiger partial charge in [-0.15, -0.1) is 0 Å². The summed E-state index contributed by atoms with van der Waals surface area (Å²) < 4.78 is 0. The molecule has 0 bridgehead atoms. The highest BCUT2D eigenvalue weighted by Gasteiger charge is 2.19. The number of hydrogen-bond acceptors (Lipinski definition) is 3. The van der Waals surface area contributed by atoms with E-state index in [1.54, 1.807) is 13.0 Å². The molecule has 2 atom stereocenters. The molecule has 23 heavy (non-hydrogen) atoms. The van der Waals surface area contributed by atoms with Gasteiger partial charge < -0.3 is 10.4 Å². The first kappa shape index (κ1) is 15.2. The number of rotatable bonds is 4. The van der Waals surface area contributed by atoms with Crippen LogP contribution in [0.5, 0.6) is 0 Å². The van der Waals surface area contributed by atoms with Crippen molar-refractivity contribution < 1.29 is 9.90 Å². The normalized spacial score (nSPS) is 13.5. The molecule has 1 amide bonds. The summed E-state index contributed by atoms with van der Waals surface area (Å²) in [7, 11) is 0. The van der Waals surface area contributed by atoms with Crippen LogP contribution in [-0.4, -0.2) is 22.0 Å². The number of hydrogen-bond donors (Lipinski definition) is 2. The third-order valence-corrected chi connectivity index (χ3v) is 3.80. The Morgan fingerprint density at radius 1 is 1.00 bits per heavy atom. The topological polar surface area (TPSA) is 62.2 Å². The monoisotopic (exact) mass is 306 g/mol. The van der Waals surface area contributed by atoms with E-state index in [4.69, 9.17) is 0 Å². The minimum Gasteiger partial charge on any atom is -0.386 e. The van der Waals surface area contributed by atoms with Crippen LogP contribution in [0.25, 0.3) is 10.9 Å². The maximum atomic E-state index is 12.3. The Hall–Kier alpha value is -2.72. The van der Waals surface area contributed by atoms with Crippen LogP contribution >= 0.6 is 0 Å². The molecule has 0 unspecified atom stereocenters. The van der Waals surface area contributed by atoms with Crippen LogP contribution in [0.4, 0.5) is 0 Å². The summed E-state index contributed by atoms with van der Waals surface area (Å²) in [5.41, 5.74) is 1.89. The zero-order valence-electron chi connectivity index (χ0n) is 12.8. The second kappa shape index (κ2) is 6.58. The average molecular weight is 306 g/mol. The number of nitrogens with zero attached hydrogens (tertiary/aromatic N) is 1. The quantitative estimate of drug-likeness (QED) is 0.778. The number of nitrogens with one attached hydrogen (secondary N) is 1. The summed E-state index contributed by atoms with van der Waals surface area (Å²) in [6.45, 7) is 1.77. The Morgan fingerprint density at radius 2 is 1.70 bits per heavy atom. The molecule has 0 saturated heterocycles. The molecule has 0 spiro atoms. The molecule has 4 nitrogen and oxygen atoms in total. The van der Waals surface area contributed by atoms with Gasteiger partial charge in [-0.25, -0.2) is 4.98 Å². The van der Waals surface area contributed by atoms with Gasteiger partial charge in [-0.3, -0.25) is 4.79 Å². The fourth-order valence-corrected chi connectivity index (χ4v) is 2.49. The van der Waals surface area contributed by atoms with Crippen molar-refractivity contribution in [3.63, 3.8) is 0 Å². The van der Waals surface area contributed by atoms with Crippen molar-refractivity contribution >= 4 is 16.8 Å². The third kappa shape index (κ3) is 3.38. The molecule has 4 heteroatoms. The molecular formula is C19H18N2O2. The fourth-order valence-electron chi connectivity index (χ4n) is 2.49. The van der Waals surface area contributed by atoms with E-state index in [1.165, 1.54) is 0 Å². The lowest BCUT2D eigenvalue weighted by Crippen LogP contribution is -2.37. The number of pyridine rings is 1. The number of aliphatic hydroxyl groups is 1. The van der Waals surface area contributed by atoms with Crippen molar-refractivity contribution in [2.75, 3.05) is 0 Å². The first-order valence-corrected chi connectivity index (χ1v) is 7.55. The van der Waals surface area contributed by atoms with Crippen molar-refractivity contribution in [1.82, 2.24) is 10.3 Å². The Bertz CT molecular complexity index is 818. The van der Waals surface area contributed by atoms with Gasteiger partial charge in [0, 0.05) is 5.39 Å². The SMILES string of the molecule is C[C@@H](NC(=O)c1ccc2ccccc2n1)[C@@H](O)c1ccccc1. The predicted molar refractivity (Wildman–Crippen MR) is 90.1 cm³/mol. The number of para-hydroxylation sites is 1. The number of fused-ring (bicyclic) bond motifs is 1. The highest BCUT2D eigenvalue weighted by Crippen LogP contribution is 2.17. The van der Waals surface area contributed by atoms with Gasteiger partial charge in [0.15, 0.2) is 0 Å².